The van der Waals surface area contributed by atoms with Gasteiger partial charge in [0.2, 0.25) is 0 Å². The normalized spacial score (nSPS) is 17.8. The lowest BCUT2D eigenvalue weighted by molar-refractivity contribution is -0.137. The maximum Gasteiger partial charge on any atom is 0.416 e. The van der Waals surface area contributed by atoms with Gasteiger partial charge in [0.25, 0.3) is 0 Å². The molecule has 5 nitrogen and oxygen atoms in total. The minimum Gasteiger partial charge on any atom is -0.460 e. The lowest BCUT2D eigenvalue weighted by Gasteiger charge is -2.28. The Labute approximate surface area is 233 Å². The monoisotopic (exact) mass is 550 g/mol. The zero-order chi connectivity index (χ0) is 28.1. The standard InChI is InChI=1S/C32H37F3N4O/c1-39(2)31-27-10-3-4-11-28(27)37-30(38-31)12-5-7-22-13-15-23(16-14-22)20-36-21-26-17-18-29(40-26)24-8-6-9-25(19-24)32(33,34)35/h3-4,6,8-11,17-19,22-23,36H,5,7,12-16,20-21H2,1-2H3. The molecule has 0 radical (unpaired) electrons. The quantitative estimate of drug-likeness (QED) is 0.218. The van der Waals surface area contributed by atoms with Crippen molar-refractivity contribution in [3.8, 4) is 11.3 Å². The Kier molecular flexibility index (Phi) is 8.74. The number of benzene rings is 2. The molecule has 8 heteroatoms. The molecule has 0 unspecified atom stereocenters. The number of fused-ring (bicyclic) bond motifs is 1. The third kappa shape index (κ3) is 7.02. The summed E-state index contributed by atoms with van der Waals surface area (Å²) in [6, 6.07) is 17.0. The molecule has 0 saturated heterocycles. The Morgan fingerprint density at radius 3 is 2.48 bits per heavy atom. The maximum atomic E-state index is 13.0. The molecule has 4 aromatic rings. The lowest BCUT2D eigenvalue weighted by atomic mass is 9.80. The van der Waals surface area contributed by atoms with Gasteiger partial charge >= 0.3 is 6.18 Å². The molecule has 1 aliphatic rings. The fourth-order valence-corrected chi connectivity index (χ4v) is 5.71. The molecule has 0 aliphatic heterocycles. The zero-order valence-electron chi connectivity index (χ0n) is 23.2. The average Bonchev–Trinajstić information content (AvgIpc) is 3.42. The molecule has 2 aromatic heterocycles. The average molecular weight is 551 g/mol. The summed E-state index contributed by atoms with van der Waals surface area (Å²) in [5.41, 5.74) is 0.771. The second kappa shape index (κ2) is 12.4. The van der Waals surface area contributed by atoms with Crippen LogP contribution in [0.4, 0.5) is 19.0 Å². The fraction of sp³-hybridized carbons (Fsp3) is 0.438. The highest BCUT2D eigenvalue weighted by Crippen LogP contribution is 2.34. The number of halogens is 3. The van der Waals surface area contributed by atoms with Gasteiger partial charge in [-0.3, -0.25) is 0 Å². The van der Waals surface area contributed by atoms with E-state index in [9.17, 15) is 13.2 Å². The number of aromatic nitrogens is 2. The first kappa shape index (κ1) is 28.1. The molecule has 5 rings (SSSR count). The second-order valence-electron chi connectivity index (χ2n) is 11.1. The van der Waals surface area contributed by atoms with Crippen LogP contribution in [0.2, 0.25) is 0 Å². The Bertz CT molecular complexity index is 1410. The number of aryl methyl sites for hydroxylation is 1. The Morgan fingerprint density at radius 2 is 1.70 bits per heavy atom. The molecule has 2 heterocycles. The number of alkyl halides is 3. The van der Waals surface area contributed by atoms with Crippen LogP contribution in [0, 0.1) is 11.8 Å². The first-order valence-electron chi connectivity index (χ1n) is 14.2. The van der Waals surface area contributed by atoms with Gasteiger partial charge in [-0.15, -0.1) is 0 Å². The van der Waals surface area contributed by atoms with Gasteiger partial charge in [0, 0.05) is 31.5 Å². The maximum absolute atomic E-state index is 13.0. The molecule has 0 atom stereocenters. The molecule has 0 amide bonds. The van der Waals surface area contributed by atoms with Crippen molar-refractivity contribution >= 4 is 16.7 Å². The van der Waals surface area contributed by atoms with Gasteiger partial charge in [0.05, 0.1) is 17.6 Å². The van der Waals surface area contributed by atoms with Crippen molar-refractivity contribution in [2.45, 2.75) is 57.7 Å². The highest BCUT2D eigenvalue weighted by Gasteiger charge is 2.30. The van der Waals surface area contributed by atoms with Crippen LogP contribution in [-0.2, 0) is 19.1 Å². The van der Waals surface area contributed by atoms with E-state index in [-0.39, 0.29) is 0 Å². The van der Waals surface area contributed by atoms with Crippen molar-refractivity contribution in [2.75, 3.05) is 25.5 Å². The van der Waals surface area contributed by atoms with E-state index < -0.39 is 11.7 Å². The lowest BCUT2D eigenvalue weighted by Crippen LogP contribution is -2.26. The van der Waals surface area contributed by atoms with Gasteiger partial charge in [-0.2, -0.15) is 13.2 Å². The summed E-state index contributed by atoms with van der Waals surface area (Å²) in [6.07, 6.45) is 3.75. The highest BCUT2D eigenvalue weighted by molar-refractivity contribution is 5.89. The minimum absolute atomic E-state index is 0.435. The smallest absolute Gasteiger partial charge is 0.416 e. The van der Waals surface area contributed by atoms with Crippen molar-refractivity contribution < 1.29 is 17.6 Å². The molecule has 1 fully saturated rings. The predicted octanol–water partition coefficient (Wildman–Crippen LogP) is 7.89. The number of para-hydroxylation sites is 1. The number of nitrogens with one attached hydrogen (secondary N) is 1. The Balaban J connectivity index is 1.03. The van der Waals surface area contributed by atoms with Crippen molar-refractivity contribution in [2.24, 2.45) is 11.8 Å². The summed E-state index contributed by atoms with van der Waals surface area (Å²) in [7, 11) is 4.05. The number of anilines is 1. The number of rotatable bonds is 10. The van der Waals surface area contributed by atoms with E-state index in [2.05, 4.69) is 22.3 Å². The highest BCUT2D eigenvalue weighted by atomic mass is 19.4. The molecule has 1 N–H and O–H groups in total. The van der Waals surface area contributed by atoms with Crippen molar-refractivity contribution in [1.29, 1.82) is 0 Å². The van der Waals surface area contributed by atoms with Crippen LogP contribution < -0.4 is 10.2 Å². The van der Waals surface area contributed by atoms with Crippen LogP contribution in [0.3, 0.4) is 0 Å². The van der Waals surface area contributed by atoms with Crippen LogP contribution in [0.5, 0.6) is 0 Å². The van der Waals surface area contributed by atoms with Gasteiger partial charge in [-0.25, -0.2) is 9.97 Å². The number of nitrogens with zero attached hydrogens (tertiary/aromatic N) is 3. The fourth-order valence-electron chi connectivity index (χ4n) is 5.71. The zero-order valence-corrected chi connectivity index (χ0v) is 23.2. The third-order valence-corrected chi connectivity index (χ3v) is 7.90. The molecule has 0 spiro atoms. The summed E-state index contributed by atoms with van der Waals surface area (Å²) in [5, 5.41) is 4.58. The molecular weight excluding hydrogens is 513 g/mol. The van der Waals surface area contributed by atoms with Crippen LogP contribution >= 0.6 is 0 Å². The summed E-state index contributed by atoms with van der Waals surface area (Å²) in [6.45, 7) is 1.49. The van der Waals surface area contributed by atoms with E-state index in [4.69, 9.17) is 14.4 Å². The molecule has 212 valence electrons. The largest absolute Gasteiger partial charge is 0.460 e. The van der Waals surface area contributed by atoms with E-state index in [0.29, 0.717) is 23.8 Å². The Hall–Kier alpha value is -3.39. The summed E-state index contributed by atoms with van der Waals surface area (Å²) in [4.78, 5) is 11.7. The van der Waals surface area contributed by atoms with Gasteiger partial charge < -0.3 is 14.6 Å². The summed E-state index contributed by atoms with van der Waals surface area (Å²) < 4.78 is 44.9. The van der Waals surface area contributed by atoms with Crippen LogP contribution in [-0.4, -0.2) is 30.6 Å². The molecule has 2 aromatic carbocycles. The SMILES string of the molecule is CN(C)c1nc(CCCC2CCC(CNCc3ccc(-c4cccc(C(F)(F)F)c4)o3)CC2)nc2ccccc12. The molecule has 1 aliphatic carbocycles. The van der Waals surface area contributed by atoms with Crippen LogP contribution in [0.25, 0.3) is 22.2 Å². The number of hydrogen-bond acceptors (Lipinski definition) is 5. The Morgan fingerprint density at radius 1 is 0.925 bits per heavy atom. The van der Waals surface area contributed by atoms with Gasteiger partial charge in [-0.05, 0) is 74.0 Å². The van der Waals surface area contributed by atoms with Crippen molar-refractivity contribution in [1.82, 2.24) is 15.3 Å². The molecule has 40 heavy (non-hydrogen) atoms. The summed E-state index contributed by atoms with van der Waals surface area (Å²) >= 11 is 0. The van der Waals surface area contributed by atoms with E-state index in [0.717, 1.165) is 65.7 Å². The molecule has 1 saturated carbocycles. The minimum atomic E-state index is -4.37. The van der Waals surface area contributed by atoms with Crippen LogP contribution in [0.15, 0.2) is 65.1 Å². The number of hydrogen-bond donors (Lipinski definition) is 1. The first-order chi connectivity index (χ1) is 19.3. The van der Waals surface area contributed by atoms with Crippen molar-refractivity contribution in [3.05, 3.63) is 77.8 Å². The van der Waals surface area contributed by atoms with Gasteiger partial charge in [-0.1, -0.05) is 43.5 Å². The first-order valence-corrected chi connectivity index (χ1v) is 14.2. The third-order valence-electron chi connectivity index (χ3n) is 7.90. The molecule has 0 bridgehead atoms. The number of furan rings is 1. The second-order valence-corrected chi connectivity index (χ2v) is 11.1. The van der Waals surface area contributed by atoms with Crippen LogP contribution in [0.1, 0.15) is 55.7 Å². The predicted molar refractivity (Wildman–Crippen MR) is 153 cm³/mol. The van der Waals surface area contributed by atoms with E-state index in [1.807, 2.05) is 32.3 Å². The van der Waals surface area contributed by atoms with Crippen molar-refractivity contribution in [3.63, 3.8) is 0 Å². The summed E-state index contributed by atoms with van der Waals surface area (Å²) in [5.74, 6) is 4.49. The van der Waals surface area contributed by atoms with Gasteiger partial charge in [0.15, 0.2) is 0 Å². The topological polar surface area (TPSA) is 54.2 Å². The van der Waals surface area contributed by atoms with E-state index in [1.165, 1.54) is 38.2 Å². The van der Waals surface area contributed by atoms with E-state index in [1.54, 1.807) is 12.1 Å². The van der Waals surface area contributed by atoms with Gasteiger partial charge in [0.1, 0.15) is 23.2 Å². The van der Waals surface area contributed by atoms with E-state index >= 15 is 0 Å². The molecular formula is C32H37F3N4O.